The SMILES string of the molecule is NC(=O)N1C(=O)C(=C(O)c2cc(Br)cs2)c2cc(Cl)ccc21. The maximum atomic E-state index is 12.5. The number of imide groups is 1. The third-order valence-electron chi connectivity index (χ3n) is 3.14. The highest BCUT2D eigenvalue weighted by atomic mass is 79.9. The molecule has 1 aliphatic heterocycles. The molecule has 8 heteroatoms. The Labute approximate surface area is 142 Å². The van der Waals surface area contributed by atoms with Crippen molar-refractivity contribution in [3.63, 3.8) is 0 Å². The van der Waals surface area contributed by atoms with Gasteiger partial charge in [-0.2, -0.15) is 0 Å². The van der Waals surface area contributed by atoms with Crippen LogP contribution in [0, 0.1) is 0 Å². The summed E-state index contributed by atoms with van der Waals surface area (Å²) >= 11 is 10.5. The minimum atomic E-state index is -0.913. The first kappa shape index (κ1) is 15.1. The molecule has 3 rings (SSSR count). The molecule has 0 saturated carbocycles. The number of fused-ring (bicyclic) bond motifs is 1. The molecule has 0 radical (unpaired) electrons. The molecule has 1 aliphatic rings. The summed E-state index contributed by atoms with van der Waals surface area (Å²) in [5, 5.41) is 12.6. The monoisotopic (exact) mass is 398 g/mol. The Bertz CT molecular complexity index is 846. The lowest BCUT2D eigenvalue weighted by molar-refractivity contribution is -0.112. The van der Waals surface area contributed by atoms with Crippen molar-refractivity contribution in [1.29, 1.82) is 0 Å². The molecule has 1 aromatic carbocycles. The average molecular weight is 400 g/mol. The summed E-state index contributed by atoms with van der Waals surface area (Å²) in [5.74, 6) is -0.889. The topological polar surface area (TPSA) is 83.6 Å². The van der Waals surface area contributed by atoms with Crippen LogP contribution >= 0.6 is 38.9 Å². The number of carbonyl (C=O) groups excluding carboxylic acids is 2. The van der Waals surface area contributed by atoms with Gasteiger partial charge in [0, 0.05) is 20.4 Å². The van der Waals surface area contributed by atoms with Gasteiger partial charge >= 0.3 is 6.03 Å². The molecule has 0 bridgehead atoms. The molecule has 0 unspecified atom stereocenters. The molecule has 2 heterocycles. The van der Waals surface area contributed by atoms with Crippen LogP contribution in [-0.2, 0) is 4.79 Å². The fraction of sp³-hybridized carbons (Fsp3) is 0. The van der Waals surface area contributed by atoms with Gasteiger partial charge in [-0.1, -0.05) is 11.6 Å². The van der Waals surface area contributed by atoms with Crippen molar-refractivity contribution >= 4 is 67.8 Å². The summed E-state index contributed by atoms with van der Waals surface area (Å²) in [6.45, 7) is 0. The molecule has 3 N–H and O–H groups in total. The van der Waals surface area contributed by atoms with Gasteiger partial charge in [0.05, 0.1) is 16.1 Å². The maximum Gasteiger partial charge on any atom is 0.326 e. The number of rotatable bonds is 1. The van der Waals surface area contributed by atoms with Gasteiger partial charge in [0.25, 0.3) is 5.91 Å². The number of nitrogens with two attached hydrogens (primary N) is 1. The second-order valence-corrected chi connectivity index (χ2v) is 6.76. The Morgan fingerprint density at radius 2 is 2.09 bits per heavy atom. The zero-order valence-corrected chi connectivity index (χ0v) is 14.0. The van der Waals surface area contributed by atoms with Crippen molar-refractivity contribution in [2.45, 2.75) is 0 Å². The molecule has 0 aliphatic carbocycles. The Hall–Kier alpha value is -1.83. The number of aliphatic hydroxyl groups is 1. The smallest absolute Gasteiger partial charge is 0.326 e. The predicted octanol–water partition coefficient (Wildman–Crippen LogP) is 4.02. The summed E-state index contributed by atoms with van der Waals surface area (Å²) in [4.78, 5) is 25.4. The van der Waals surface area contributed by atoms with E-state index in [0.29, 0.717) is 21.2 Å². The van der Waals surface area contributed by atoms with E-state index in [4.69, 9.17) is 17.3 Å². The predicted molar refractivity (Wildman–Crippen MR) is 90.0 cm³/mol. The first-order chi connectivity index (χ1) is 10.4. The second kappa shape index (κ2) is 5.42. The lowest BCUT2D eigenvalue weighted by Gasteiger charge is -2.11. The molecule has 0 atom stereocenters. The summed E-state index contributed by atoms with van der Waals surface area (Å²) < 4.78 is 0.781. The van der Waals surface area contributed by atoms with Gasteiger partial charge in [-0.25, -0.2) is 9.69 Å². The van der Waals surface area contributed by atoms with E-state index < -0.39 is 11.9 Å². The number of benzene rings is 1. The second-order valence-electron chi connectivity index (χ2n) is 4.49. The van der Waals surface area contributed by atoms with Crippen molar-refractivity contribution in [3.05, 3.63) is 49.6 Å². The van der Waals surface area contributed by atoms with Gasteiger partial charge in [-0.15, -0.1) is 11.3 Å². The third kappa shape index (κ3) is 2.31. The fourth-order valence-electron chi connectivity index (χ4n) is 2.25. The zero-order chi connectivity index (χ0) is 16.0. The minimum absolute atomic E-state index is 0.00523. The van der Waals surface area contributed by atoms with Crippen LogP contribution in [0.5, 0.6) is 0 Å². The summed E-state index contributed by atoms with van der Waals surface area (Å²) in [6, 6.07) is 5.35. The van der Waals surface area contributed by atoms with Crippen molar-refractivity contribution < 1.29 is 14.7 Å². The zero-order valence-electron chi connectivity index (χ0n) is 10.8. The van der Waals surface area contributed by atoms with Gasteiger partial charge in [0.2, 0.25) is 0 Å². The average Bonchev–Trinajstić information content (AvgIpc) is 2.98. The number of primary amides is 1. The molecule has 0 spiro atoms. The molecule has 5 nitrogen and oxygen atoms in total. The Morgan fingerprint density at radius 1 is 1.36 bits per heavy atom. The minimum Gasteiger partial charge on any atom is -0.506 e. The lowest BCUT2D eigenvalue weighted by Crippen LogP contribution is -2.37. The molecular formula is C14H8BrClN2O3S. The van der Waals surface area contributed by atoms with E-state index in [9.17, 15) is 14.7 Å². The number of hydrogen-bond donors (Lipinski definition) is 2. The fourth-order valence-corrected chi connectivity index (χ4v) is 3.80. The van der Waals surface area contributed by atoms with Crippen LogP contribution in [0.2, 0.25) is 5.02 Å². The Morgan fingerprint density at radius 3 is 2.68 bits per heavy atom. The van der Waals surface area contributed by atoms with Gasteiger partial charge in [0.1, 0.15) is 5.76 Å². The quantitative estimate of drug-likeness (QED) is 0.561. The highest BCUT2D eigenvalue weighted by Crippen LogP contribution is 2.42. The van der Waals surface area contributed by atoms with E-state index in [0.717, 1.165) is 9.37 Å². The number of aliphatic hydroxyl groups excluding tert-OH is 1. The van der Waals surface area contributed by atoms with E-state index in [1.54, 1.807) is 17.5 Å². The standard InChI is InChI=1S/C14H8BrClN2O3S/c15-6-3-10(22-5-6)12(19)11-8-4-7(16)1-2-9(8)18(13(11)20)14(17)21/h1-5,19H,(H2,17,21). The van der Waals surface area contributed by atoms with Crippen molar-refractivity contribution in [1.82, 2.24) is 0 Å². The largest absolute Gasteiger partial charge is 0.506 e. The molecule has 0 saturated heterocycles. The van der Waals surface area contributed by atoms with E-state index in [-0.39, 0.29) is 11.3 Å². The summed E-state index contributed by atoms with van der Waals surface area (Å²) in [5.41, 5.74) is 5.95. The van der Waals surface area contributed by atoms with E-state index >= 15 is 0 Å². The molecule has 22 heavy (non-hydrogen) atoms. The van der Waals surface area contributed by atoms with Crippen LogP contribution in [0.3, 0.4) is 0 Å². The number of thiophene rings is 1. The first-order valence-electron chi connectivity index (χ1n) is 6.01. The molecular weight excluding hydrogens is 392 g/mol. The van der Waals surface area contributed by atoms with Gasteiger partial charge in [0.15, 0.2) is 0 Å². The van der Waals surface area contributed by atoms with Crippen LogP contribution in [0.25, 0.3) is 11.3 Å². The highest BCUT2D eigenvalue weighted by Gasteiger charge is 2.38. The summed E-state index contributed by atoms with van der Waals surface area (Å²) in [6.07, 6.45) is 0. The third-order valence-corrected chi connectivity index (χ3v) is 5.08. The van der Waals surface area contributed by atoms with Crippen molar-refractivity contribution in [3.8, 4) is 0 Å². The van der Waals surface area contributed by atoms with Crippen LogP contribution in [-0.4, -0.2) is 17.0 Å². The molecule has 2 aromatic rings. The van der Waals surface area contributed by atoms with E-state index in [1.165, 1.54) is 23.5 Å². The number of carbonyl (C=O) groups is 2. The normalized spacial score (nSPS) is 15.9. The van der Waals surface area contributed by atoms with Gasteiger partial charge < -0.3 is 10.8 Å². The highest BCUT2D eigenvalue weighted by molar-refractivity contribution is 9.10. The molecule has 112 valence electrons. The number of hydrogen-bond acceptors (Lipinski definition) is 4. The van der Waals surface area contributed by atoms with Crippen LogP contribution in [0.1, 0.15) is 10.4 Å². The van der Waals surface area contributed by atoms with Gasteiger partial charge in [-0.05, 0) is 40.2 Å². The van der Waals surface area contributed by atoms with Crippen molar-refractivity contribution in [2.75, 3.05) is 4.90 Å². The number of urea groups is 1. The summed E-state index contributed by atoms with van der Waals surface area (Å²) in [7, 11) is 0. The maximum absolute atomic E-state index is 12.5. The molecule has 0 fully saturated rings. The Kier molecular flexibility index (Phi) is 3.72. The van der Waals surface area contributed by atoms with Crippen molar-refractivity contribution in [2.24, 2.45) is 5.73 Å². The van der Waals surface area contributed by atoms with Crippen LogP contribution in [0.4, 0.5) is 10.5 Å². The van der Waals surface area contributed by atoms with Crippen LogP contribution < -0.4 is 10.6 Å². The molecule has 1 aromatic heterocycles. The van der Waals surface area contributed by atoms with Gasteiger partial charge in [-0.3, -0.25) is 4.79 Å². The van der Waals surface area contributed by atoms with E-state index in [2.05, 4.69) is 15.9 Å². The number of halogens is 2. The first-order valence-corrected chi connectivity index (χ1v) is 8.06. The number of amides is 3. The van der Waals surface area contributed by atoms with Crippen LogP contribution in [0.15, 0.2) is 34.1 Å². The van der Waals surface area contributed by atoms with E-state index in [1.807, 2.05) is 0 Å². The molecule has 3 amide bonds. The number of anilines is 1. The Balaban J connectivity index is 2.27. The number of nitrogens with zero attached hydrogens (tertiary/aromatic N) is 1. The lowest BCUT2D eigenvalue weighted by atomic mass is 10.1.